The van der Waals surface area contributed by atoms with Crippen molar-refractivity contribution in [3.05, 3.63) is 265 Å². The van der Waals surface area contributed by atoms with Gasteiger partial charge in [-0.2, -0.15) is 10.5 Å². The zero-order chi connectivity index (χ0) is 49.0. The molecule has 10 aromatic carbocycles. The molecule has 74 heavy (non-hydrogen) atoms. The first-order valence-corrected chi connectivity index (χ1v) is 25.1. The van der Waals surface area contributed by atoms with Crippen LogP contribution in [0, 0.1) is 22.7 Å². The smallest absolute Gasteiger partial charge is 0.0992 e. The summed E-state index contributed by atoms with van der Waals surface area (Å²) in [5.41, 5.74) is 21.7. The van der Waals surface area contributed by atoms with E-state index < -0.39 is 0 Å². The summed E-state index contributed by atoms with van der Waals surface area (Å²) in [4.78, 5) is 7.30. The second kappa shape index (κ2) is 16.2. The normalized spacial score (nSPS) is 15.0. The number of aromatic nitrogens is 1. The van der Waals surface area contributed by atoms with Crippen LogP contribution in [-0.2, 0) is 0 Å². The fourth-order valence-electron chi connectivity index (χ4n) is 12.8. The van der Waals surface area contributed by atoms with E-state index in [1.807, 2.05) is 42.5 Å². The molecule has 6 heteroatoms. The highest BCUT2D eigenvalue weighted by molar-refractivity contribution is 6.32. The Bertz CT molecular complexity index is 4410. The van der Waals surface area contributed by atoms with Crippen molar-refractivity contribution in [2.24, 2.45) is 0 Å². The number of para-hydroxylation sites is 3. The van der Waals surface area contributed by atoms with E-state index >= 15 is 0 Å². The van der Waals surface area contributed by atoms with Crippen LogP contribution in [0.25, 0.3) is 65.9 Å². The first-order chi connectivity index (χ1) is 36.7. The lowest BCUT2D eigenvalue weighted by Crippen LogP contribution is -2.26. The van der Waals surface area contributed by atoms with Gasteiger partial charge in [0, 0.05) is 66.9 Å². The Morgan fingerprint density at radius 3 is 1.61 bits per heavy atom. The van der Waals surface area contributed by atoms with Crippen molar-refractivity contribution in [2.45, 2.75) is 12.0 Å². The van der Waals surface area contributed by atoms with Crippen LogP contribution in [0.3, 0.4) is 0 Å². The topological polar surface area (TPSA) is 61.7 Å². The molecule has 6 nitrogen and oxygen atoms in total. The molecule has 0 spiro atoms. The monoisotopic (exact) mass is 942 g/mol. The minimum absolute atomic E-state index is 0.00196. The van der Waals surface area contributed by atoms with Gasteiger partial charge in [0.25, 0.3) is 0 Å². The summed E-state index contributed by atoms with van der Waals surface area (Å²) in [6.07, 6.45) is 7.06. The lowest BCUT2D eigenvalue weighted by Gasteiger charge is -2.29. The molecule has 1 aliphatic carbocycles. The average Bonchev–Trinajstić information content (AvgIpc) is 4.38. The van der Waals surface area contributed by atoms with E-state index in [9.17, 15) is 10.5 Å². The molecule has 344 valence electrons. The van der Waals surface area contributed by atoms with Crippen LogP contribution in [0.4, 0.5) is 45.5 Å². The van der Waals surface area contributed by atoms with E-state index in [4.69, 9.17) is 0 Å². The standard InChI is InChI=1S/C68H42N6/c69-41-43-19-13-29-49(39-43)71(47-25-9-3-10-26-47)55-35-17-37-57-61(55)52-32-16-34-54-64-60(46-23-7-2-8-24-46)68-63(59(45-21-5-1-6-22-45)67(64)73(57)66(52)54)53-33-15-31-51-62-56(36-18-38-58(62)74(68)65(51)53)72(48-27-11-4-12-28-48)50-30-14-20-44(40-50)42-70/h1-40,53,65H. The molecule has 0 radical (unpaired) electrons. The maximum atomic E-state index is 10.1. The van der Waals surface area contributed by atoms with Gasteiger partial charge in [0.05, 0.1) is 68.6 Å². The highest BCUT2D eigenvalue weighted by Crippen LogP contribution is 2.66. The van der Waals surface area contributed by atoms with Crippen LogP contribution in [0.5, 0.6) is 0 Å². The lowest BCUT2D eigenvalue weighted by molar-refractivity contribution is 0.782. The number of hydrogen-bond donors (Lipinski definition) is 0. The summed E-state index contributed by atoms with van der Waals surface area (Å²) in [5, 5.41) is 25.0. The molecule has 0 bridgehead atoms. The van der Waals surface area contributed by atoms with Crippen molar-refractivity contribution < 1.29 is 0 Å². The fraction of sp³-hybridized carbons (Fsp3) is 0.0294. The molecule has 15 rings (SSSR count). The second-order valence-electron chi connectivity index (χ2n) is 19.4. The highest BCUT2D eigenvalue weighted by Gasteiger charge is 2.51. The summed E-state index contributed by atoms with van der Waals surface area (Å²) in [7, 11) is 0. The molecule has 2 aliphatic heterocycles. The quantitative estimate of drug-likeness (QED) is 0.152. The number of nitriles is 2. The molecular formula is C68H42N6. The maximum Gasteiger partial charge on any atom is 0.0992 e. The molecular weight excluding hydrogens is 901 g/mol. The van der Waals surface area contributed by atoms with E-state index in [-0.39, 0.29) is 12.0 Å². The molecule has 0 amide bonds. The largest absolute Gasteiger partial charge is 0.332 e. The van der Waals surface area contributed by atoms with Crippen molar-refractivity contribution in [3.8, 4) is 34.4 Å². The van der Waals surface area contributed by atoms with Crippen molar-refractivity contribution in [3.63, 3.8) is 0 Å². The minimum Gasteiger partial charge on any atom is -0.332 e. The van der Waals surface area contributed by atoms with Crippen molar-refractivity contribution in [2.75, 3.05) is 14.7 Å². The maximum absolute atomic E-state index is 10.1. The Hall–Kier alpha value is -10.1. The van der Waals surface area contributed by atoms with Crippen molar-refractivity contribution >= 4 is 89.2 Å². The van der Waals surface area contributed by atoms with Gasteiger partial charge < -0.3 is 19.1 Å². The molecule has 12 aromatic rings. The molecule has 2 unspecified atom stereocenters. The Morgan fingerprint density at radius 2 is 0.973 bits per heavy atom. The molecule has 0 N–H and O–H groups in total. The van der Waals surface area contributed by atoms with Crippen LogP contribution >= 0.6 is 0 Å². The van der Waals surface area contributed by atoms with E-state index in [2.05, 4.69) is 231 Å². The van der Waals surface area contributed by atoms with E-state index in [0.29, 0.717) is 11.1 Å². The molecule has 4 heterocycles. The third-order valence-corrected chi connectivity index (χ3v) is 15.5. The van der Waals surface area contributed by atoms with Crippen LogP contribution in [0.2, 0.25) is 0 Å². The van der Waals surface area contributed by atoms with E-state index in [1.54, 1.807) is 0 Å². The van der Waals surface area contributed by atoms with Gasteiger partial charge in [0.2, 0.25) is 0 Å². The van der Waals surface area contributed by atoms with Crippen LogP contribution in [-0.4, -0.2) is 10.4 Å². The summed E-state index contributed by atoms with van der Waals surface area (Å²) >= 11 is 0. The Kier molecular flexibility index (Phi) is 9.11. The van der Waals surface area contributed by atoms with Crippen LogP contribution in [0.15, 0.2) is 243 Å². The first kappa shape index (κ1) is 41.6. The highest BCUT2D eigenvalue weighted by atomic mass is 15.2. The number of anilines is 8. The zero-order valence-electron chi connectivity index (χ0n) is 39.9. The predicted octanol–water partition coefficient (Wildman–Crippen LogP) is 17.4. The number of nitrogens with zero attached hydrogens (tertiary/aromatic N) is 6. The van der Waals surface area contributed by atoms with Gasteiger partial charge >= 0.3 is 0 Å². The zero-order valence-corrected chi connectivity index (χ0v) is 39.9. The summed E-state index contributed by atoms with van der Waals surface area (Å²) < 4.78 is 2.58. The molecule has 3 aliphatic rings. The van der Waals surface area contributed by atoms with Gasteiger partial charge in [-0.15, -0.1) is 0 Å². The molecule has 2 atom stereocenters. The number of allylic oxidation sites excluding steroid dienone is 2. The second-order valence-corrected chi connectivity index (χ2v) is 19.4. The average molecular weight is 943 g/mol. The third kappa shape index (κ3) is 5.85. The van der Waals surface area contributed by atoms with Crippen LogP contribution < -0.4 is 14.7 Å². The minimum atomic E-state index is -0.0199. The Labute approximate surface area is 428 Å². The van der Waals surface area contributed by atoms with E-state index in [0.717, 1.165) is 61.7 Å². The van der Waals surface area contributed by atoms with Gasteiger partial charge in [-0.25, -0.2) is 0 Å². The van der Waals surface area contributed by atoms with Gasteiger partial charge in [-0.1, -0.05) is 158 Å². The number of fused-ring (bicyclic) bond motifs is 12. The van der Waals surface area contributed by atoms with Gasteiger partial charge in [-0.3, -0.25) is 0 Å². The van der Waals surface area contributed by atoms with Crippen molar-refractivity contribution in [1.29, 1.82) is 10.5 Å². The van der Waals surface area contributed by atoms with Gasteiger partial charge in [0.1, 0.15) is 0 Å². The number of benzene rings is 10. The van der Waals surface area contributed by atoms with Gasteiger partial charge in [-0.05, 0) is 107 Å². The predicted molar refractivity (Wildman–Crippen MR) is 303 cm³/mol. The Balaban J connectivity index is 1.07. The SMILES string of the molecule is N#Cc1cccc(N(c2ccccc2)c2cccc3c2C2=CC=CC4c5c(c(-c6ccccc6)c6c7cccc8c9c(N(c%10ccccc%10)c%10cccc(C#N)c%10)cccc9n(c6c5-c5ccccc5)c87)N3C24)c1. The fourth-order valence-corrected chi connectivity index (χ4v) is 12.8. The molecule has 2 aromatic heterocycles. The summed E-state index contributed by atoms with van der Waals surface area (Å²) in [6.45, 7) is 0. The Morgan fingerprint density at radius 1 is 0.446 bits per heavy atom. The van der Waals surface area contributed by atoms with Gasteiger partial charge in [0.15, 0.2) is 0 Å². The third-order valence-electron chi connectivity index (χ3n) is 15.5. The first-order valence-electron chi connectivity index (χ1n) is 25.1. The van der Waals surface area contributed by atoms with Crippen LogP contribution in [0.1, 0.15) is 28.2 Å². The van der Waals surface area contributed by atoms with E-state index in [1.165, 1.54) is 60.9 Å². The van der Waals surface area contributed by atoms with Crippen molar-refractivity contribution in [1.82, 2.24) is 4.40 Å². The molecule has 0 saturated heterocycles. The molecule has 0 saturated carbocycles. The molecule has 0 fully saturated rings. The lowest BCUT2D eigenvalue weighted by atomic mass is 9.79. The number of rotatable bonds is 8. The number of hydrogen-bond acceptors (Lipinski definition) is 5. The summed E-state index contributed by atoms with van der Waals surface area (Å²) in [5.74, 6) is -0.00196. The summed E-state index contributed by atoms with van der Waals surface area (Å²) in [6, 6.07) is 84.1.